The number of nitriles is 1. The molecule has 0 spiro atoms. The van der Waals surface area contributed by atoms with Crippen molar-refractivity contribution >= 4 is 28.1 Å². The Hall–Kier alpha value is -3.64. The molecule has 9 heteroatoms. The van der Waals surface area contributed by atoms with Crippen LogP contribution < -0.4 is 20.5 Å². The van der Waals surface area contributed by atoms with Crippen molar-refractivity contribution in [3.05, 3.63) is 68.4 Å². The van der Waals surface area contributed by atoms with Gasteiger partial charge in [0.15, 0.2) is 0 Å². The van der Waals surface area contributed by atoms with Gasteiger partial charge in [0.05, 0.1) is 26.1 Å². The summed E-state index contributed by atoms with van der Waals surface area (Å²) in [5, 5.41) is 13.4. The highest BCUT2D eigenvalue weighted by molar-refractivity contribution is 9.10. The van der Waals surface area contributed by atoms with Crippen LogP contribution in [-0.4, -0.2) is 30.4 Å². The van der Waals surface area contributed by atoms with Gasteiger partial charge in [0, 0.05) is 11.1 Å². The van der Waals surface area contributed by atoms with Crippen molar-refractivity contribution in [3.8, 4) is 28.8 Å². The summed E-state index contributed by atoms with van der Waals surface area (Å²) in [4.78, 5) is 19.1. The third-order valence-corrected chi connectivity index (χ3v) is 4.71. The molecule has 0 unspecified atom stereocenters. The predicted molar refractivity (Wildman–Crippen MR) is 113 cm³/mol. The number of hydrogen-bond acceptors (Lipinski definition) is 7. The Labute approximate surface area is 175 Å². The number of aromatic nitrogens is 2. The molecule has 3 rings (SSSR count). The van der Waals surface area contributed by atoms with Crippen molar-refractivity contribution in [2.75, 3.05) is 19.6 Å². The van der Waals surface area contributed by atoms with Gasteiger partial charge in [-0.2, -0.15) is 10.4 Å². The number of rotatable bonds is 6. The predicted octanol–water partition coefficient (Wildman–Crippen LogP) is 3.53. The second-order valence-electron chi connectivity index (χ2n) is 5.73. The molecule has 0 aliphatic heterocycles. The molecule has 2 N–H and O–H groups in total. The first-order valence-corrected chi connectivity index (χ1v) is 9.17. The van der Waals surface area contributed by atoms with Crippen molar-refractivity contribution in [1.82, 2.24) is 9.97 Å². The van der Waals surface area contributed by atoms with Crippen molar-refractivity contribution < 1.29 is 9.47 Å². The number of methoxy groups -OCH3 is 2. The van der Waals surface area contributed by atoms with Crippen LogP contribution in [0.15, 0.2) is 56.8 Å². The van der Waals surface area contributed by atoms with Crippen LogP contribution in [0.2, 0.25) is 0 Å². The maximum absolute atomic E-state index is 12.3. The summed E-state index contributed by atoms with van der Waals surface area (Å²) in [5.74, 6) is 1.28. The quantitative estimate of drug-likeness (QED) is 0.435. The fraction of sp³-hybridized carbons (Fsp3) is 0.100. The Kier molecular flexibility index (Phi) is 6.26. The van der Waals surface area contributed by atoms with E-state index in [2.05, 4.69) is 36.4 Å². The number of H-pyrrole nitrogens is 1. The van der Waals surface area contributed by atoms with E-state index in [0.29, 0.717) is 27.1 Å². The minimum Gasteiger partial charge on any atom is -0.495 e. The van der Waals surface area contributed by atoms with Crippen molar-refractivity contribution in [2.45, 2.75) is 0 Å². The van der Waals surface area contributed by atoms with E-state index in [4.69, 9.17) is 9.47 Å². The van der Waals surface area contributed by atoms with E-state index in [-0.39, 0.29) is 17.2 Å². The molecule has 0 aliphatic carbocycles. The minimum absolute atomic E-state index is 0.0619. The van der Waals surface area contributed by atoms with Gasteiger partial charge in [-0.05, 0) is 28.1 Å². The second kappa shape index (κ2) is 9.03. The molecule has 1 aromatic heterocycles. The lowest BCUT2D eigenvalue weighted by Crippen LogP contribution is -2.16. The van der Waals surface area contributed by atoms with E-state index < -0.39 is 5.56 Å². The minimum atomic E-state index is -0.550. The lowest BCUT2D eigenvalue weighted by atomic mass is 10.1. The SMILES string of the molecule is COc1cc(C=NNc2nc(-c3ccccc3)c(C#N)c(=O)[nH]2)cc(OC)c1Br. The maximum atomic E-state index is 12.3. The summed E-state index contributed by atoms with van der Waals surface area (Å²) in [5.41, 5.74) is 3.71. The van der Waals surface area contributed by atoms with Gasteiger partial charge in [0.25, 0.3) is 5.56 Å². The average Bonchev–Trinajstić information content (AvgIpc) is 2.75. The zero-order valence-electron chi connectivity index (χ0n) is 15.6. The van der Waals surface area contributed by atoms with Gasteiger partial charge < -0.3 is 9.47 Å². The highest BCUT2D eigenvalue weighted by atomic mass is 79.9. The Morgan fingerprint density at radius 3 is 2.45 bits per heavy atom. The maximum Gasteiger partial charge on any atom is 0.270 e. The third kappa shape index (κ3) is 4.44. The van der Waals surface area contributed by atoms with Crippen LogP contribution >= 0.6 is 15.9 Å². The zero-order chi connectivity index (χ0) is 20.8. The molecule has 2 aromatic carbocycles. The van der Waals surface area contributed by atoms with Gasteiger partial charge in [0.2, 0.25) is 5.95 Å². The molecule has 0 saturated carbocycles. The number of halogens is 1. The standard InChI is InChI=1S/C20H16BrN5O3/c1-28-15-8-12(9-16(29-2)17(15)21)11-23-26-20-24-18(13-6-4-3-5-7-13)14(10-22)19(27)25-20/h3-9,11H,1-2H3,(H2,24,25,26,27). The van der Waals surface area contributed by atoms with Gasteiger partial charge in [-0.25, -0.2) is 10.4 Å². The van der Waals surface area contributed by atoms with Gasteiger partial charge in [-0.15, -0.1) is 0 Å². The molecular weight excluding hydrogens is 438 g/mol. The van der Waals surface area contributed by atoms with Crippen LogP contribution in [0.1, 0.15) is 11.1 Å². The molecule has 0 saturated heterocycles. The van der Waals surface area contributed by atoms with E-state index >= 15 is 0 Å². The Morgan fingerprint density at radius 1 is 1.21 bits per heavy atom. The summed E-state index contributed by atoms with van der Waals surface area (Å²) in [6.45, 7) is 0. The van der Waals surface area contributed by atoms with E-state index in [0.717, 1.165) is 0 Å². The fourth-order valence-electron chi connectivity index (χ4n) is 2.57. The van der Waals surface area contributed by atoms with Crippen LogP contribution in [0.3, 0.4) is 0 Å². The molecule has 1 heterocycles. The number of anilines is 1. The van der Waals surface area contributed by atoms with E-state index in [1.807, 2.05) is 12.1 Å². The molecule has 0 amide bonds. The Bertz CT molecular complexity index is 1130. The molecule has 0 bridgehead atoms. The normalized spacial score (nSPS) is 10.6. The highest BCUT2D eigenvalue weighted by Crippen LogP contribution is 2.35. The van der Waals surface area contributed by atoms with Crippen LogP contribution in [-0.2, 0) is 0 Å². The van der Waals surface area contributed by atoms with Gasteiger partial charge >= 0.3 is 0 Å². The summed E-state index contributed by atoms with van der Waals surface area (Å²) in [6.07, 6.45) is 1.53. The number of hydrogen-bond donors (Lipinski definition) is 2. The second-order valence-corrected chi connectivity index (χ2v) is 6.52. The van der Waals surface area contributed by atoms with Gasteiger partial charge in [0.1, 0.15) is 27.6 Å². The largest absolute Gasteiger partial charge is 0.495 e. The summed E-state index contributed by atoms with van der Waals surface area (Å²) in [6, 6.07) is 14.4. The molecule has 3 aromatic rings. The fourth-order valence-corrected chi connectivity index (χ4v) is 3.12. The number of benzene rings is 2. The first-order valence-electron chi connectivity index (χ1n) is 8.37. The number of ether oxygens (including phenoxy) is 2. The summed E-state index contributed by atoms with van der Waals surface area (Å²) in [7, 11) is 3.10. The molecule has 0 radical (unpaired) electrons. The lowest BCUT2D eigenvalue weighted by molar-refractivity contribution is 0.389. The van der Waals surface area contributed by atoms with Gasteiger partial charge in [-0.1, -0.05) is 30.3 Å². The number of nitrogens with one attached hydrogen (secondary N) is 2. The highest BCUT2D eigenvalue weighted by Gasteiger charge is 2.13. The monoisotopic (exact) mass is 453 g/mol. The number of hydrazone groups is 1. The van der Waals surface area contributed by atoms with E-state index in [1.54, 1.807) is 50.6 Å². The van der Waals surface area contributed by atoms with Crippen molar-refractivity contribution in [3.63, 3.8) is 0 Å². The Balaban J connectivity index is 1.91. The first-order chi connectivity index (χ1) is 14.1. The van der Waals surface area contributed by atoms with E-state index in [1.165, 1.54) is 6.21 Å². The molecular formula is C20H16BrN5O3. The first kappa shape index (κ1) is 20.1. The van der Waals surface area contributed by atoms with Crippen molar-refractivity contribution in [2.24, 2.45) is 5.10 Å². The van der Waals surface area contributed by atoms with Crippen molar-refractivity contribution in [1.29, 1.82) is 5.26 Å². The smallest absolute Gasteiger partial charge is 0.270 e. The van der Waals surface area contributed by atoms with Gasteiger partial charge in [-0.3, -0.25) is 9.78 Å². The van der Waals surface area contributed by atoms with Crippen LogP contribution in [0, 0.1) is 11.3 Å². The number of aromatic amines is 1. The molecule has 0 aliphatic rings. The molecule has 0 atom stereocenters. The average molecular weight is 454 g/mol. The van der Waals surface area contributed by atoms with Crippen LogP contribution in [0.5, 0.6) is 11.5 Å². The topological polar surface area (TPSA) is 112 Å². The molecule has 8 nitrogen and oxygen atoms in total. The molecule has 29 heavy (non-hydrogen) atoms. The van der Waals surface area contributed by atoms with E-state index in [9.17, 15) is 10.1 Å². The molecule has 0 fully saturated rings. The summed E-state index contributed by atoms with van der Waals surface area (Å²) >= 11 is 3.41. The molecule has 146 valence electrons. The third-order valence-electron chi connectivity index (χ3n) is 3.93. The lowest BCUT2D eigenvalue weighted by Gasteiger charge is -2.09. The Morgan fingerprint density at radius 2 is 1.86 bits per heavy atom. The van der Waals surface area contributed by atoms with Crippen LogP contribution in [0.4, 0.5) is 5.95 Å². The summed E-state index contributed by atoms with van der Waals surface area (Å²) < 4.78 is 11.3. The number of nitrogens with zero attached hydrogens (tertiary/aromatic N) is 3. The van der Waals surface area contributed by atoms with Crippen LogP contribution in [0.25, 0.3) is 11.3 Å². The zero-order valence-corrected chi connectivity index (χ0v) is 17.1.